The molecule has 3 aromatic heterocycles. The Morgan fingerprint density at radius 2 is 1.15 bits per heavy atom. The summed E-state index contributed by atoms with van der Waals surface area (Å²) in [4.78, 5) is 11.5. The maximum Gasteiger partial charge on any atom is 0.0297 e. The van der Waals surface area contributed by atoms with Gasteiger partial charge < -0.3 is 0 Å². The van der Waals surface area contributed by atoms with Crippen LogP contribution in [0.1, 0.15) is 11.1 Å². The average molecular weight is 265 g/mol. The van der Waals surface area contributed by atoms with E-state index < -0.39 is 0 Å². The molecule has 0 fully saturated rings. The predicted molar refractivity (Wildman–Crippen MR) is 82.2 cm³/mol. The highest BCUT2D eigenvalue weighted by Gasteiger charge is 1.73. The summed E-state index contributed by atoms with van der Waals surface area (Å²) in [5.74, 6) is 0. The first-order valence-electron chi connectivity index (χ1n) is 6.37. The van der Waals surface area contributed by atoms with Crippen molar-refractivity contribution in [1.29, 1.82) is 0 Å². The van der Waals surface area contributed by atoms with Gasteiger partial charge >= 0.3 is 0 Å². The first kappa shape index (κ1) is 15.5. The van der Waals surface area contributed by atoms with Gasteiger partial charge in [0.15, 0.2) is 0 Å². The Morgan fingerprint density at radius 1 is 0.550 bits per heavy atom. The maximum atomic E-state index is 3.88. The highest BCUT2D eigenvalue weighted by atomic mass is 14.6. The van der Waals surface area contributed by atoms with Crippen LogP contribution in [-0.2, 0) is 0 Å². The van der Waals surface area contributed by atoms with Gasteiger partial charge in [-0.3, -0.25) is 15.0 Å². The van der Waals surface area contributed by atoms with Gasteiger partial charge in [-0.25, -0.2) is 0 Å². The van der Waals surface area contributed by atoms with E-state index in [1.165, 1.54) is 11.1 Å². The van der Waals surface area contributed by atoms with Crippen molar-refractivity contribution < 1.29 is 0 Å². The molecular weight excluding hydrogens is 246 g/mol. The van der Waals surface area contributed by atoms with E-state index in [0.29, 0.717) is 0 Å². The van der Waals surface area contributed by atoms with Crippen molar-refractivity contribution in [3.05, 3.63) is 90.8 Å². The second-order valence-corrected chi connectivity index (χ2v) is 4.08. The number of hydrogen-bond donors (Lipinski definition) is 0. The zero-order chi connectivity index (χ0) is 14.5. The van der Waals surface area contributed by atoms with Crippen LogP contribution in [0.5, 0.6) is 0 Å². The molecule has 0 aromatic carbocycles. The van der Waals surface area contributed by atoms with Gasteiger partial charge in [0.05, 0.1) is 0 Å². The normalized spacial score (nSPS) is 8.50. The summed E-state index contributed by atoms with van der Waals surface area (Å²) >= 11 is 0. The lowest BCUT2D eigenvalue weighted by molar-refractivity contribution is 1.27. The SMILES string of the molecule is Cc1cccnc1.Cc1ccncc1.c1ccncc1. The molecule has 0 aliphatic rings. The third-order valence-electron chi connectivity index (χ3n) is 2.22. The summed E-state index contributed by atoms with van der Waals surface area (Å²) in [6.07, 6.45) is 10.7. The van der Waals surface area contributed by atoms with Gasteiger partial charge in [0.2, 0.25) is 0 Å². The lowest BCUT2D eigenvalue weighted by Crippen LogP contribution is -1.69. The molecule has 3 nitrogen and oxygen atoms in total. The van der Waals surface area contributed by atoms with Crippen LogP contribution in [0.25, 0.3) is 0 Å². The van der Waals surface area contributed by atoms with E-state index in [2.05, 4.69) is 15.0 Å². The Morgan fingerprint density at radius 3 is 1.40 bits per heavy atom. The van der Waals surface area contributed by atoms with Crippen LogP contribution in [0, 0.1) is 13.8 Å². The van der Waals surface area contributed by atoms with Crippen LogP contribution in [0.3, 0.4) is 0 Å². The van der Waals surface area contributed by atoms with Crippen molar-refractivity contribution in [2.75, 3.05) is 0 Å². The largest absolute Gasteiger partial charge is 0.265 e. The number of aromatic nitrogens is 3. The Labute approximate surface area is 120 Å². The fourth-order valence-corrected chi connectivity index (χ4v) is 1.19. The molecule has 102 valence electrons. The number of nitrogens with zero attached hydrogens (tertiary/aromatic N) is 3. The van der Waals surface area contributed by atoms with Crippen molar-refractivity contribution >= 4 is 0 Å². The zero-order valence-electron chi connectivity index (χ0n) is 11.8. The van der Waals surface area contributed by atoms with Crippen molar-refractivity contribution in [2.24, 2.45) is 0 Å². The van der Waals surface area contributed by atoms with E-state index in [9.17, 15) is 0 Å². The lowest BCUT2D eigenvalue weighted by Gasteiger charge is -1.82. The van der Waals surface area contributed by atoms with Gasteiger partial charge in [-0.05, 0) is 55.3 Å². The fourth-order valence-electron chi connectivity index (χ4n) is 1.19. The third-order valence-corrected chi connectivity index (χ3v) is 2.22. The number of aryl methyl sites for hydroxylation is 2. The van der Waals surface area contributed by atoms with E-state index in [1.54, 1.807) is 31.0 Å². The highest BCUT2D eigenvalue weighted by molar-refractivity contribution is 5.05. The molecule has 3 aromatic rings. The molecule has 0 N–H and O–H groups in total. The molecule has 0 bridgehead atoms. The van der Waals surface area contributed by atoms with Gasteiger partial charge in [-0.1, -0.05) is 12.1 Å². The molecule has 0 amide bonds. The van der Waals surface area contributed by atoms with Crippen molar-refractivity contribution in [3.8, 4) is 0 Å². The fraction of sp³-hybridized carbons (Fsp3) is 0.118. The number of hydrogen-bond acceptors (Lipinski definition) is 3. The van der Waals surface area contributed by atoms with Crippen LogP contribution >= 0.6 is 0 Å². The van der Waals surface area contributed by atoms with Crippen molar-refractivity contribution in [2.45, 2.75) is 13.8 Å². The summed E-state index contributed by atoms with van der Waals surface area (Å²) in [5.41, 5.74) is 2.47. The van der Waals surface area contributed by atoms with Crippen molar-refractivity contribution in [3.63, 3.8) is 0 Å². The Bertz CT molecular complexity index is 475. The Kier molecular flexibility index (Phi) is 8.05. The summed E-state index contributed by atoms with van der Waals surface area (Å²) < 4.78 is 0. The van der Waals surface area contributed by atoms with Gasteiger partial charge in [-0.15, -0.1) is 0 Å². The molecule has 0 unspecified atom stereocenters. The van der Waals surface area contributed by atoms with E-state index in [4.69, 9.17) is 0 Å². The second-order valence-electron chi connectivity index (χ2n) is 4.08. The number of rotatable bonds is 0. The average Bonchev–Trinajstić information content (AvgIpc) is 2.52. The Hall–Kier alpha value is -2.55. The highest BCUT2D eigenvalue weighted by Crippen LogP contribution is 1.89. The van der Waals surface area contributed by atoms with Crippen LogP contribution in [-0.4, -0.2) is 15.0 Å². The quantitative estimate of drug-likeness (QED) is 0.619. The summed E-state index contributed by atoms with van der Waals surface area (Å²) in [5, 5.41) is 0. The smallest absolute Gasteiger partial charge is 0.0297 e. The third kappa shape index (κ3) is 8.53. The molecule has 0 saturated heterocycles. The van der Waals surface area contributed by atoms with Crippen LogP contribution in [0.2, 0.25) is 0 Å². The molecule has 20 heavy (non-hydrogen) atoms. The first-order chi connectivity index (χ1) is 9.79. The lowest BCUT2D eigenvalue weighted by atomic mass is 10.3. The predicted octanol–water partition coefficient (Wildman–Crippen LogP) is 3.86. The van der Waals surface area contributed by atoms with Crippen LogP contribution < -0.4 is 0 Å². The number of pyridine rings is 3. The monoisotopic (exact) mass is 265 g/mol. The minimum absolute atomic E-state index is 1.21. The van der Waals surface area contributed by atoms with E-state index in [1.807, 2.05) is 62.5 Å². The molecule has 3 heteroatoms. The first-order valence-corrected chi connectivity index (χ1v) is 6.37. The molecule has 0 saturated carbocycles. The summed E-state index contributed by atoms with van der Waals surface area (Å²) in [7, 11) is 0. The molecule has 0 spiro atoms. The molecule has 0 aliphatic heterocycles. The topological polar surface area (TPSA) is 38.7 Å². The van der Waals surface area contributed by atoms with E-state index in [-0.39, 0.29) is 0 Å². The van der Waals surface area contributed by atoms with Gasteiger partial charge in [0.1, 0.15) is 0 Å². The minimum Gasteiger partial charge on any atom is -0.265 e. The molecule has 0 aliphatic carbocycles. The second kappa shape index (κ2) is 10.4. The van der Waals surface area contributed by atoms with Gasteiger partial charge in [0.25, 0.3) is 0 Å². The van der Waals surface area contributed by atoms with E-state index >= 15 is 0 Å². The van der Waals surface area contributed by atoms with Crippen LogP contribution in [0.15, 0.2) is 79.6 Å². The van der Waals surface area contributed by atoms with E-state index in [0.717, 1.165) is 0 Å². The molecular formula is C17H19N3. The van der Waals surface area contributed by atoms with Crippen molar-refractivity contribution in [1.82, 2.24) is 15.0 Å². The van der Waals surface area contributed by atoms with Crippen LogP contribution in [0.4, 0.5) is 0 Å². The standard InChI is InChI=1S/2C6H7N.C5H5N/c1-6-2-4-7-5-3-6;1-6-3-2-4-7-5-6;1-2-4-6-5-3-1/h2*2-5H,1H3;1-5H. The molecule has 0 radical (unpaired) electrons. The summed E-state index contributed by atoms with van der Waals surface area (Å²) in [6.45, 7) is 4.06. The maximum absolute atomic E-state index is 3.88. The zero-order valence-corrected chi connectivity index (χ0v) is 11.8. The Balaban J connectivity index is 0.000000151. The molecule has 3 rings (SSSR count). The minimum atomic E-state index is 1.21. The van der Waals surface area contributed by atoms with Gasteiger partial charge in [-0.2, -0.15) is 0 Å². The van der Waals surface area contributed by atoms with Gasteiger partial charge in [0, 0.05) is 37.2 Å². The summed E-state index contributed by atoms with van der Waals surface area (Å²) in [6, 6.07) is 13.6. The molecule has 0 atom stereocenters. The molecule has 3 heterocycles.